The van der Waals surface area contributed by atoms with Gasteiger partial charge in [0.1, 0.15) is 22.9 Å². The summed E-state index contributed by atoms with van der Waals surface area (Å²) in [6, 6.07) is 3.08. The van der Waals surface area contributed by atoms with E-state index in [4.69, 9.17) is 11.6 Å². The molecule has 9 heteroatoms. The van der Waals surface area contributed by atoms with E-state index in [0.717, 1.165) is 18.3 Å². The number of nitrogens with one attached hydrogen (secondary N) is 1. The highest BCUT2D eigenvalue weighted by atomic mass is 35.5. The smallest absolute Gasteiger partial charge is 0.287 e. The van der Waals surface area contributed by atoms with Crippen LogP contribution < -0.4 is 5.32 Å². The van der Waals surface area contributed by atoms with E-state index in [0.29, 0.717) is 12.0 Å². The minimum Gasteiger partial charge on any atom is -0.506 e. The van der Waals surface area contributed by atoms with Crippen LogP contribution in [0.5, 0.6) is 5.75 Å². The largest absolute Gasteiger partial charge is 0.506 e. The van der Waals surface area contributed by atoms with Crippen molar-refractivity contribution >= 4 is 33.9 Å². The number of hydrogen-bond donors (Lipinski definition) is 2. The molecule has 0 bridgehead atoms. The van der Waals surface area contributed by atoms with Crippen LogP contribution in [0.4, 0.5) is 0 Å². The number of aromatic hydroxyl groups is 1. The van der Waals surface area contributed by atoms with Gasteiger partial charge in [0.15, 0.2) is 0 Å². The zero-order valence-corrected chi connectivity index (χ0v) is 15.5. The summed E-state index contributed by atoms with van der Waals surface area (Å²) in [6.45, 7) is 1.94. The SMILES string of the molecule is CCCc1cc(CNC(=O)CCl)c(O)c(S(=O)(=O)/N=C/N(C)C)c1. The highest BCUT2D eigenvalue weighted by Gasteiger charge is 2.21. The average Bonchev–Trinajstić information content (AvgIpc) is 2.52. The van der Waals surface area contributed by atoms with Gasteiger partial charge in [0.2, 0.25) is 5.91 Å². The zero-order chi connectivity index (χ0) is 18.3. The molecule has 134 valence electrons. The molecule has 1 rings (SSSR count). The van der Waals surface area contributed by atoms with Crippen molar-refractivity contribution in [3.05, 3.63) is 23.3 Å². The summed E-state index contributed by atoms with van der Waals surface area (Å²) in [5.41, 5.74) is 1.04. The van der Waals surface area contributed by atoms with Crippen LogP contribution in [-0.4, -0.2) is 50.6 Å². The van der Waals surface area contributed by atoms with Crippen LogP contribution in [0.3, 0.4) is 0 Å². The summed E-state index contributed by atoms with van der Waals surface area (Å²) in [7, 11) is -0.778. The predicted molar refractivity (Wildman–Crippen MR) is 94.0 cm³/mol. The Morgan fingerprint density at radius 1 is 1.42 bits per heavy atom. The minimum absolute atomic E-state index is 0.0190. The third-order valence-corrected chi connectivity index (χ3v) is 4.53. The van der Waals surface area contributed by atoms with Crippen LogP contribution in [0.25, 0.3) is 0 Å². The molecule has 0 saturated carbocycles. The normalized spacial score (nSPS) is 11.7. The number of rotatable bonds is 8. The first kappa shape index (κ1) is 20.2. The van der Waals surface area contributed by atoms with E-state index >= 15 is 0 Å². The van der Waals surface area contributed by atoms with Crippen molar-refractivity contribution in [1.82, 2.24) is 10.2 Å². The van der Waals surface area contributed by atoms with Gasteiger partial charge in [-0.2, -0.15) is 8.42 Å². The van der Waals surface area contributed by atoms with E-state index in [1.165, 1.54) is 11.0 Å². The number of aryl methyl sites for hydroxylation is 1. The van der Waals surface area contributed by atoms with Crippen LogP contribution in [0.15, 0.2) is 21.4 Å². The van der Waals surface area contributed by atoms with Gasteiger partial charge >= 0.3 is 0 Å². The lowest BCUT2D eigenvalue weighted by Gasteiger charge is -2.13. The zero-order valence-electron chi connectivity index (χ0n) is 13.9. The number of benzene rings is 1. The minimum atomic E-state index is -4.05. The second-order valence-electron chi connectivity index (χ2n) is 5.42. The van der Waals surface area contributed by atoms with Gasteiger partial charge in [-0.3, -0.25) is 4.79 Å². The van der Waals surface area contributed by atoms with Crippen LogP contribution >= 0.6 is 11.6 Å². The second-order valence-corrected chi connectivity index (χ2v) is 7.29. The standard InChI is InChI=1S/C15H22ClN3O4S/c1-4-5-11-6-12(9-17-14(20)8-16)15(21)13(7-11)24(22,23)18-10-19(2)3/h6-7,10,21H,4-5,8-9H2,1-3H3,(H,17,20)/b18-10+. The van der Waals surface area contributed by atoms with E-state index in [-0.39, 0.29) is 17.3 Å². The van der Waals surface area contributed by atoms with Gasteiger partial charge in [-0.25, -0.2) is 0 Å². The summed E-state index contributed by atoms with van der Waals surface area (Å²) in [6.07, 6.45) is 2.59. The van der Waals surface area contributed by atoms with Gasteiger partial charge in [-0.1, -0.05) is 19.4 Å². The molecule has 0 aliphatic rings. The molecule has 0 spiro atoms. The third kappa shape index (κ3) is 5.68. The molecule has 0 saturated heterocycles. The number of phenols is 1. The topological polar surface area (TPSA) is 99.1 Å². The number of hydrogen-bond acceptors (Lipinski definition) is 4. The third-order valence-electron chi connectivity index (χ3n) is 3.04. The van der Waals surface area contributed by atoms with E-state index < -0.39 is 21.7 Å². The molecule has 0 unspecified atom stereocenters. The number of alkyl halides is 1. The fourth-order valence-corrected chi connectivity index (χ4v) is 3.14. The maximum atomic E-state index is 12.4. The Hall–Kier alpha value is -1.80. The molecule has 1 aromatic rings. The number of nitrogens with zero attached hydrogens (tertiary/aromatic N) is 2. The van der Waals surface area contributed by atoms with Crippen molar-refractivity contribution < 1.29 is 18.3 Å². The number of amides is 1. The molecule has 7 nitrogen and oxygen atoms in total. The molecule has 0 radical (unpaired) electrons. The van der Waals surface area contributed by atoms with Crippen molar-refractivity contribution in [2.75, 3.05) is 20.0 Å². The van der Waals surface area contributed by atoms with Gasteiger partial charge in [-0.15, -0.1) is 16.0 Å². The maximum Gasteiger partial charge on any atom is 0.287 e. The number of halogens is 1. The van der Waals surface area contributed by atoms with Crippen molar-refractivity contribution in [3.8, 4) is 5.75 Å². The Morgan fingerprint density at radius 2 is 2.08 bits per heavy atom. The fraction of sp³-hybridized carbons (Fsp3) is 0.467. The predicted octanol–water partition coefficient (Wildman–Crippen LogP) is 1.48. The number of phenolic OH excluding ortho intramolecular Hbond substituents is 1. The molecule has 0 aliphatic carbocycles. The first-order valence-corrected chi connectivity index (χ1v) is 9.33. The highest BCUT2D eigenvalue weighted by Crippen LogP contribution is 2.30. The maximum absolute atomic E-state index is 12.4. The van der Waals surface area contributed by atoms with Crippen molar-refractivity contribution in [2.24, 2.45) is 4.40 Å². The Balaban J connectivity index is 3.32. The molecule has 24 heavy (non-hydrogen) atoms. The molecule has 1 aromatic carbocycles. The van der Waals surface area contributed by atoms with Crippen molar-refractivity contribution in [1.29, 1.82) is 0 Å². The van der Waals surface area contributed by atoms with Crippen molar-refractivity contribution in [2.45, 2.75) is 31.2 Å². The molecule has 0 atom stereocenters. The molecule has 1 amide bonds. The van der Waals surface area contributed by atoms with Gasteiger partial charge in [0.25, 0.3) is 10.0 Å². The highest BCUT2D eigenvalue weighted by molar-refractivity contribution is 7.90. The molecule has 0 aromatic heterocycles. The number of carbonyl (C=O) groups is 1. The lowest BCUT2D eigenvalue weighted by molar-refractivity contribution is -0.118. The average molecular weight is 376 g/mol. The molecule has 2 N–H and O–H groups in total. The Kier molecular flexibility index (Phi) is 7.50. The van der Waals surface area contributed by atoms with Crippen LogP contribution in [-0.2, 0) is 27.8 Å². The van der Waals surface area contributed by atoms with E-state index in [2.05, 4.69) is 9.71 Å². The van der Waals surface area contributed by atoms with E-state index in [9.17, 15) is 18.3 Å². The Morgan fingerprint density at radius 3 is 2.62 bits per heavy atom. The van der Waals surface area contributed by atoms with Crippen LogP contribution in [0.1, 0.15) is 24.5 Å². The number of sulfonamides is 1. The Labute approximate surface area is 147 Å². The summed E-state index contributed by atoms with van der Waals surface area (Å²) >= 11 is 5.42. The van der Waals surface area contributed by atoms with Gasteiger partial charge in [0.05, 0.1) is 0 Å². The van der Waals surface area contributed by atoms with Gasteiger partial charge < -0.3 is 15.3 Å². The van der Waals surface area contributed by atoms with E-state index in [1.807, 2.05) is 6.92 Å². The summed E-state index contributed by atoms with van der Waals surface area (Å²) in [5.74, 6) is -1.04. The van der Waals surface area contributed by atoms with E-state index in [1.54, 1.807) is 20.2 Å². The van der Waals surface area contributed by atoms with Gasteiger partial charge in [-0.05, 0) is 18.1 Å². The lowest BCUT2D eigenvalue weighted by atomic mass is 10.1. The lowest BCUT2D eigenvalue weighted by Crippen LogP contribution is -2.24. The molecular formula is C15H22ClN3O4S. The first-order valence-electron chi connectivity index (χ1n) is 7.35. The molecule has 0 heterocycles. The fourth-order valence-electron chi connectivity index (χ4n) is 1.95. The number of carbonyl (C=O) groups excluding carboxylic acids is 1. The van der Waals surface area contributed by atoms with Crippen LogP contribution in [0.2, 0.25) is 0 Å². The molecule has 0 fully saturated rings. The van der Waals surface area contributed by atoms with Gasteiger partial charge in [0, 0.05) is 26.2 Å². The molecule has 0 aliphatic heterocycles. The van der Waals surface area contributed by atoms with Crippen molar-refractivity contribution in [3.63, 3.8) is 0 Å². The summed E-state index contributed by atoms with van der Waals surface area (Å²) < 4.78 is 28.3. The summed E-state index contributed by atoms with van der Waals surface area (Å²) in [5, 5.41) is 12.8. The Bertz CT molecular complexity index is 718. The monoisotopic (exact) mass is 375 g/mol. The quantitative estimate of drug-likeness (QED) is 0.407. The second kappa shape index (κ2) is 8.89. The summed E-state index contributed by atoms with van der Waals surface area (Å²) in [4.78, 5) is 12.5. The van der Waals surface area contributed by atoms with Crippen LogP contribution in [0, 0.1) is 0 Å². The first-order chi connectivity index (χ1) is 11.2. The molecular weight excluding hydrogens is 354 g/mol.